The number of thioether (sulfide) groups is 1. The molecule has 3 heterocycles. The normalized spacial score (nSPS) is 22.5. The fourth-order valence-corrected chi connectivity index (χ4v) is 3.08. The third-order valence-electron chi connectivity index (χ3n) is 2.89. The van der Waals surface area contributed by atoms with Gasteiger partial charge in [0.05, 0.1) is 5.57 Å². The van der Waals surface area contributed by atoms with Crippen LogP contribution in [0.25, 0.3) is 6.08 Å². The Balaban J connectivity index is 1.84. The Morgan fingerprint density at radius 1 is 1.30 bits per heavy atom. The van der Waals surface area contributed by atoms with Crippen molar-refractivity contribution in [3.63, 3.8) is 0 Å². The number of fused-ring (bicyclic) bond motifs is 1. The van der Waals surface area contributed by atoms with E-state index in [9.17, 15) is 14.4 Å². The van der Waals surface area contributed by atoms with E-state index in [0.717, 1.165) is 0 Å². The minimum absolute atomic E-state index is 0.0483. The van der Waals surface area contributed by atoms with Crippen LogP contribution < -0.4 is 0 Å². The van der Waals surface area contributed by atoms with E-state index in [4.69, 9.17) is 14.6 Å². The van der Waals surface area contributed by atoms with Gasteiger partial charge in [0.25, 0.3) is 5.91 Å². The monoisotopic (exact) mass is 293 g/mol. The molecule has 1 amide bonds. The molecule has 0 saturated carbocycles. The molecule has 1 saturated heterocycles. The summed E-state index contributed by atoms with van der Waals surface area (Å²) >= 11 is 1.21. The van der Waals surface area contributed by atoms with Crippen LogP contribution in [0.15, 0.2) is 33.2 Å². The predicted molar refractivity (Wildman–Crippen MR) is 67.6 cm³/mol. The van der Waals surface area contributed by atoms with Crippen molar-refractivity contribution in [2.24, 2.45) is 0 Å². The number of aliphatic carboxylic acids is 1. The van der Waals surface area contributed by atoms with Crippen LogP contribution in [0.3, 0.4) is 0 Å². The number of amides is 1. The van der Waals surface area contributed by atoms with Gasteiger partial charge in [-0.05, 0) is 18.2 Å². The highest BCUT2D eigenvalue weighted by atomic mass is 32.2. The Kier molecular flexibility index (Phi) is 2.68. The van der Waals surface area contributed by atoms with Crippen molar-refractivity contribution in [1.82, 2.24) is 4.90 Å². The van der Waals surface area contributed by atoms with Crippen LogP contribution in [0.2, 0.25) is 0 Å². The Morgan fingerprint density at radius 3 is 2.65 bits per heavy atom. The molecule has 102 valence electrons. The lowest BCUT2D eigenvalue weighted by Gasteiger charge is -2.36. The van der Waals surface area contributed by atoms with Crippen molar-refractivity contribution in [2.75, 3.05) is 0 Å². The molecule has 0 aromatic carbocycles. The second-order valence-electron chi connectivity index (χ2n) is 4.08. The second kappa shape index (κ2) is 4.27. The maximum absolute atomic E-state index is 11.9. The number of rotatable bonds is 3. The van der Waals surface area contributed by atoms with Crippen LogP contribution >= 0.6 is 11.8 Å². The SMILES string of the molecule is O=C(O)C1=CS[C@@H]2/C(=C\c3ccc(C(=O)O)o3)C(=O)N12. The van der Waals surface area contributed by atoms with Gasteiger partial charge in [-0.3, -0.25) is 9.69 Å². The van der Waals surface area contributed by atoms with Gasteiger partial charge in [-0.15, -0.1) is 11.8 Å². The van der Waals surface area contributed by atoms with Crippen molar-refractivity contribution in [3.05, 3.63) is 40.3 Å². The third-order valence-corrected chi connectivity index (χ3v) is 3.97. The van der Waals surface area contributed by atoms with Crippen LogP contribution in [0.4, 0.5) is 0 Å². The zero-order valence-corrected chi connectivity index (χ0v) is 10.6. The van der Waals surface area contributed by atoms with Gasteiger partial charge in [0.1, 0.15) is 16.8 Å². The van der Waals surface area contributed by atoms with E-state index in [1.807, 2.05) is 0 Å². The van der Waals surface area contributed by atoms with Gasteiger partial charge in [0, 0.05) is 5.41 Å². The van der Waals surface area contributed by atoms with E-state index >= 15 is 0 Å². The van der Waals surface area contributed by atoms with Crippen LogP contribution in [0, 0.1) is 0 Å². The molecule has 2 aliphatic rings. The number of β-lactam (4-membered cyclic amide) rings is 1. The van der Waals surface area contributed by atoms with Crippen molar-refractivity contribution in [2.45, 2.75) is 5.37 Å². The summed E-state index contributed by atoms with van der Waals surface area (Å²) in [5.74, 6) is -2.74. The average Bonchev–Trinajstić information content (AvgIpc) is 3.00. The molecule has 20 heavy (non-hydrogen) atoms. The molecule has 2 N–H and O–H groups in total. The van der Waals surface area contributed by atoms with E-state index in [0.29, 0.717) is 5.57 Å². The largest absolute Gasteiger partial charge is 0.477 e. The summed E-state index contributed by atoms with van der Waals surface area (Å²) in [5.41, 5.74) is 0.335. The number of hydrogen-bond donors (Lipinski definition) is 2. The van der Waals surface area contributed by atoms with E-state index < -0.39 is 17.8 Å². The molecule has 0 bridgehead atoms. The molecule has 0 radical (unpaired) electrons. The summed E-state index contributed by atoms with van der Waals surface area (Å²) in [5, 5.41) is 18.7. The fraction of sp³-hybridized carbons (Fsp3) is 0.0833. The van der Waals surface area contributed by atoms with Gasteiger partial charge in [-0.25, -0.2) is 9.59 Å². The Morgan fingerprint density at radius 2 is 2.05 bits per heavy atom. The minimum Gasteiger partial charge on any atom is -0.477 e. The minimum atomic E-state index is -1.19. The number of carbonyl (C=O) groups excluding carboxylic acids is 1. The van der Waals surface area contributed by atoms with Gasteiger partial charge in [-0.2, -0.15) is 0 Å². The maximum Gasteiger partial charge on any atom is 0.371 e. The van der Waals surface area contributed by atoms with Crippen molar-refractivity contribution >= 4 is 35.7 Å². The number of furan rings is 1. The number of aromatic carboxylic acids is 1. The highest BCUT2D eigenvalue weighted by Crippen LogP contribution is 2.45. The highest BCUT2D eigenvalue weighted by Gasteiger charge is 2.49. The molecule has 1 atom stereocenters. The van der Waals surface area contributed by atoms with Gasteiger partial charge in [-0.1, -0.05) is 0 Å². The second-order valence-corrected chi connectivity index (χ2v) is 5.03. The third kappa shape index (κ3) is 1.73. The standard InChI is InChI=1S/C12H7NO6S/c14-9-6(3-5-1-2-8(19-5)12(17)18)10-13(9)7(4-20-10)11(15)16/h1-4,10H,(H,15,16)(H,17,18)/b6-3-/t10-/m1/s1. The lowest BCUT2D eigenvalue weighted by Crippen LogP contribution is -2.51. The van der Waals surface area contributed by atoms with Crippen molar-refractivity contribution in [1.29, 1.82) is 0 Å². The molecule has 7 nitrogen and oxygen atoms in total. The molecule has 0 spiro atoms. The first-order valence-corrected chi connectivity index (χ1v) is 6.40. The number of hydrogen-bond acceptors (Lipinski definition) is 5. The number of carbonyl (C=O) groups is 3. The Hall–Kier alpha value is -2.48. The van der Waals surface area contributed by atoms with Crippen LogP contribution in [0.1, 0.15) is 16.3 Å². The van der Waals surface area contributed by atoms with Gasteiger partial charge >= 0.3 is 11.9 Å². The molecule has 1 fully saturated rings. The van der Waals surface area contributed by atoms with E-state index in [1.165, 1.54) is 40.3 Å². The molecule has 0 aliphatic carbocycles. The smallest absolute Gasteiger partial charge is 0.371 e. The summed E-state index contributed by atoms with van der Waals surface area (Å²) < 4.78 is 5.03. The number of carboxylic acids is 2. The zero-order chi connectivity index (χ0) is 14.4. The van der Waals surface area contributed by atoms with Crippen LogP contribution in [-0.4, -0.2) is 38.3 Å². The van der Waals surface area contributed by atoms with E-state index in [1.54, 1.807) is 0 Å². The summed E-state index contributed by atoms with van der Waals surface area (Å²) in [6.07, 6.45) is 1.43. The molecule has 8 heteroatoms. The molecule has 1 aromatic rings. The van der Waals surface area contributed by atoms with Crippen molar-refractivity contribution < 1.29 is 29.0 Å². The average molecular weight is 293 g/mol. The molecule has 2 aliphatic heterocycles. The zero-order valence-electron chi connectivity index (χ0n) is 9.77. The molecular formula is C12H7NO6S. The highest BCUT2D eigenvalue weighted by molar-refractivity contribution is 8.03. The quantitative estimate of drug-likeness (QED) is 0.636. The Bertz CT molecular complexity index is 701. The number of carboxylic acid groups (broad SMARTS) is 2. The first-order chi connectivity index (χ1) is 9.49. The molecule has 0 unspecified atom stereocenters. The van der Waals surface area contributed by atoms with Gasteiger partial charge in [0.15, 0.2) is 0 Å². The first kappa shape index (κ1) is 12.5. The lowest BCUT2D eigenvalue weighted by atomic mass is 10.0. The van der Waals surface area contributed by atoms with E-state index in [2.05, 4.69) is 0 Å². The summed E-state index contributed by atoms with van der Waals surface area (Å²) in [6, 6.07) is 2.73. The molecule has 3 rings (SSSR count). The van der Waals surface area contributed by atoms with Crippen molar-refractivity contribution in [3.8, 4) is 0 Å². The number of nitrogens with zero attached hydrogens (tertiary/aromatic N) is 1. The van der Waals surface area contributed by atoms with E-state index in [-0.39, 0.29) is 22.6 Å². The molecular weight excluding hydrogens is 286 g/mol. The Labute approximate surface area is 116 Å². The lowest BCUT2D eigenvalue weighted by molar-refractivity contribution is -0.141. The van der Waals surface area contributed by atoms with Crippen LogP contribution in [0.5, 0.6) is 0 Å². The topological polar surface area (TPSA) is 108 Å². The predicted octanol–water partition coefficient (Wildman–Crippen LogP) is 1.20. The van der Waals surface area contributed by atoms with Crippen LogP contribution in [-0.2, 0) is 9.59 Å². The van der Waals surface area contributed by atoms with Gasteiger partial charge in [0.2, 0.25) is 5.76 Å². The molecule has 1 aromatic heterocycles. The first-order valence-electron chi connectivity index (χ1n) is 5.46. The van der Waals surface area contributed by atoms with Gasteiger partial charge < -0.3 is 14.6 Å². The summed E-state index contributed by atoms with van der Waals surface area (Å²) in [7, 11) is 0. The summed E-state index contributed by atoms with van der Waals surface area (Å²) in [4.78, 5) is 34.6. The maximum atomic E-state index is 11.9. The fourth-order valence-electron chi connectivity index (χ4n) is 1.96. The summed E-state index contributed by atoms with van der Waals surface area (Å²) in [6.45, 7) is 0.